The highest BCUT2D eigenvalue weighted by atomic mass is 16.7. The second-order valence-electron chi connectivity index (χ2n) is 7.24. The van der Waals surface area contributed by atoms with Crippen molar-refractivity contribution in [3.8, 4) is 11.5 Å². The van der Waals surface area contributed by atoms with Crippen LogP contribution >= 0.6 is 0 Å². The normalized spacial score (nSPS) is 30.6. The van der Waals surface area contributed by atoms with Crippen LogP contribution in [0.25, 0.3) is 0 Å². The number of rotatable bonds is 2. The molecule has 3 aliphatic rings. The van der Waals surface area contributed by atoms with Gasteiger partial charge in [0.25, 0.3) is 0 Å². The van der Waals surface area contributed by atoms with Gasteiger partial charge < -0.3 is 14.8 Å². The maximum absolute atomic E-state index is 12.9. The Balaban J connectivity index is 1.59. The molecule has 2 saturated carbocycles. The van der Waals surface area contributed by atoms with Gasteiger partial charge in [-0.3, -0.25) is 4.79 Å². The van der Waals surface area contributed by atoms with Crippen LogP contribution in [0.4, 0.5) is 5.69 Å². The molecule has 0 saturated heterocycles. The van der Waals surface area contributed by atoms with E-state index in [9.17, 15) is 4.79 Å². The lowest BCUT2D eigenvalue weighted by Gasteiger charge is -2.37. The number of nitrogens with one attached hydrogen (secondary N) is 1. The molecule has 1 aromatic rings. The van der Waals surface area contributed by atoms with Gasteiger partial charge in [0.05, 0.1) is 5.41 Å². The van der Waals surface area contributed by atoms with E-state index in [1.165, 1.54) is 0 Å². The van der Waals surface area contributed by atoms with Crippen LogP contribution in [-0.2, 0) is 4.79 Å². The van der Waals surface area contributed by atoms with Crippen molar-refractivity contribution in [2.75, 3.05) is 12.1 Å². The first-order valence-electron chi connectivity index (χ1n) is 7.84. The Bertz CT molecular complexity index is 679. The zero-order valence-corrected chi connectivity index (χ0v) is 13.1. The van der Waals surface area contributed by atoms with Crippen LogP contribution in [0.15, 0.2) is 30.4 Å². The molecule has 0 radical (unpaired) electrons. The van der Waals surface area contributed by atoms with Crippen molar-refractivity contribution >= 4 is 11.6 Å². The van der Waals surface area contributed by atoms with Crippen molar-refractivity contribution in [3.63, 3.8) is 0 Å². The monoisotopic (exact) mass is 299 g/mol. The number of benzene rings is 1. The van der Waals surface area contributed by atoms with Crippen LogP contribution in [0, 0.1) is 16.7 Å². The Morgan fingerprint density at radius 2 is 2.09 bits per heavy atom. The molecule has 1 aliphatic heterocycles. The minimum absolute atomic E-state index is 0.0600. The summed E-state index contributed by atoms with van der Waals surface area (Å²) in [5.74, 6) is 2.06. The van der Waals surface area contributed by atoms with Crippen molar-refractivity contribution in [2.24, 2.45) is 16.7 Å². The minimum atomic E-state index is -0.398. The lowest BCUT2D eigenvalue weighted by Crippen LogP contribution is -2.37. The maximum atomic E-state index is 12.9. The van der Waals surface area contributed by atoms with Crippen molar-refractivity contribution < 1.29 is 14.3 Å². The van der Waals surface area contributed by atoms with Gasteiger partial charge in [0, 0.05) is 11.8 Å². The van der Waals surface area contributed by atoms with E-state index in [0.717, 1.165) is 36.3 Å². The van der Waals surface area contributed by atoms with E-state index in [0.29, 0.717) is 11.7 Å². The van der Waals surface area contributed by atoms with Gasteiger partial charge in [-0.25, -0.2) is 0 Å². The van der Waals surface area contributed by atoms with Crippen LogP contribution in [-0.4, -0.2) is 12.7 Å². The molecule has 1 heterocycles. The van der Waals surface area contributed by atoms with Gasteiger partial charge in [0.2, 0.25) is 12.7 Å². The molecule has 1 N–H and O–H groups in total. The van der Waals surface area contributed by atoms with E-state index in [4.69, 9.17) is 9.47 Å². The SMILES string of the molecule is C=C1C2(C(=O)Nc3ccc4c(c3)OCO4)CCC(C2)C1(C)C. The van der Waals surface area contributed by atoms with Crippen LogP contribution in [0.5, 0.6) is 11.5 Å². The molecule has 2 aliphatic carbocycles. The average molecular weight is 299 g/mol. The number of hydrogen-bond acceptors (Lipinski definition) is 3. The van der Waals surface area contributed by atoms with E-state index >= 15 is 0 Å². The molecule has 4 heteroatoms. The second kappa shape index (κ2) is 4.28. The van der Waals surface area contributed by atoms with Crippen molar-refractivity contribution in [3.05, 3.63) is 30.4 Å². The Kier molecular flexibility index (Phi) is 2.66. The van der Waals surface area contributed by atoms with Crippen LogP contribution in [0.1, 0.15) is 33.1 Å². The topological polar surface area (TPSA) is 47.6 Å². The highest BCUT2D eigenvalue weighted by molar-refractivity contribution is 5.98. The summed E-state index contributed by atoms with van der Waals surface area (Å²) in [5.41, 5.74) is 1.51. The largest absolute Gasteiger partial charge is 0.454 e. The maximum Gasteiger partial charge on any atom is 0.234 e. The third-order valence-corrected chi connectivity index (χ3v) is 5.96. The molecule has 1 aromatic carbocycles. The summed E-state index contributed by atoms with van der Waals surface area (Å²) in [5, 5.41) is 3.06. The molecular formula is C18H21NO3. The summed E-state index contributed by atoms with van der Waals surface area (Å²) in [6.45, 7) is 8.95. The van der Waals surface area contributed by atoms with Gasteiger partial charge in [0.15, 0.2) is 11.5 Å². The Labute approximate surface area is 130 Å². The molecular weight excluding hydrogens is 278 g/mol. The summed E-state index contributed by atoms with van der Waals surface area (Å²) in [6.07, 6.45) is 2.95. The highest BCUT2D eigenvalue weighted by Crippen LogP contribution is 2.65. The van der Waals surface area contributed by atoms with E-state index in [-0.39, 0.29) is 18.1 Å². The smallest absolute Gasteiger partial charge is 0.234 e. The Morgan fingerprint density at radius 1 is 1.32 bits per heavy atom. The van der Waals surface area contributed by atoms with Gasteiger partial charge in [-0.05, 0) is 42.7 Å². The first kappa shape index (κ1) is 13.7. The molecule has 0 spiro atoms. The van der Waals surface area contributed by atoms with Crippen LogP contribution < -0.4 is 14.8 Å². The predicted molar refractivity (Wildman–Crippen MR) is 83.9 cm³/mol. The van der Waals surface area contributed by atoms with Crippen LogP contribution in [0.3, 0.4) is 0 Å². The zero-order chi connectivity index (χ0) is 15.5. The van der Waals surface area contributed by atoms with Crippen molar-refractivity contribution in [1.82, 2.24) is 0 Å². The molecule has 22 heavy (non-hydrogen) atoms. The molecule has 2 atom stereocenters. The quantitative estimate of drug-likeness (QED) is 0.846. The van der Waals surface area contributed by atoms with E-state index < -0.39 is 5.41 Å². The lowest BCUT2D eigenvalue weighted by atomic mass is 9.68. The zero-order valence-electron chi connectivity index (χ0n) is 13.1. The number of carbonyl (C=O) groups excluding carboxylic acids is 1. The lowest BCUT2D eigenvalue weighted by molar-refractivity contribution is -0.123. The third-order valence-electron chi connectivity index (χ3n) is 5.96. The highest BCUT2D eigenvalue weighted by Gasteiger charge is 2.60. The fraction of sp³-hybridized carbons (Fsp3) is 0.500. The van der Waals surface area contributed by atoms with Gasteiger partial charge in [-0.1, -0.05) is 26.0 Å². The number of fused-ring (bicyclic) bond motifs is 3. The van der Waals surface area contributed by atoms with Gasteiger partial charge in [-0.15, -0.1) is 0 Å². The first-order chi connectivity index (χ1) is 10.4. The molecule has 2 bridgehead atoms. The Hall–Kier alpha value is -1.97. The number of carbonyl (C=O) groups is 1. The summed E-state index contributed by atoms with van der Waals surface area (Å²) in [4.78, 5) is 12.9. The van der Waals surface area contributed by atoms with E-state index in [2.05, 4.69) is 25.7 Å². The summed E-state index contributed by atoms with van der Waals surface area (Å²) in [7, 11) is 0. The third kappa shape index (κ3) is 1.67. The average Bonchev–Trinajstić information content (AvgIpc) is 3.16. The molecule has 1 amide bonds. The number of ether oxygens (including phenoxy) is 2. The molecule has 4 nitrogen and oxygen atoms in total. The molecule has 2 fully saturated rings. The molecule has 0 aromatic heterocycles. The number of hydrogen-bond donors (Lipinski definition) is 1. The standard InChI is InChI=1S/C18H21NO3/c1-11-17(2,3)12-6-7-18(11,9-12)16(20)19-13-4-5-14-15(8-13)22-10-21-14/h4-5,8,12H,1,6-7,9-10H2,2-3H3,(H,19,20). The predicted octanol–water partition coefficient (Wildman–Crippen LogP) is 3.74. The number of amides is 1. The van der Waals surface area contributed by atoms with Crippen molar-refractivity contribution in [1.29, 1.82) is 0 Å². The van der Waals surface area contributed by atoms with Crippen LogP contribution in [0.2, 0.25) is 0 Å². The van der Waals surface area contributed by atoms with E-state index in [1.807, 2.05) is 18.2 Å². The van der Waals surface area contributed by atoms with Gasteiger partial charge in [-0.2, -0.15) is 0 Å². The fourth-order valence-electron chi connectivity index (χ4n) is 4.37. The summed E-state index contributed by atoms with van der Waals surface area (Å²) >= 11 is 0. The van der Waals surface area contributed by atoms with Gasteiger partial charge in [0.1, 0.15) is 0 Å². The molecule has 4 rings (SSSR count). The van der Waals surface area contributed by atoms with E-state index in [1.54, 1.807) is 0 Å². The van der Waals surface area contributed by atoms with Crippen molar-refractivity contribution in [2.45, 2.75) is 33.1 Å². The summed E-state index contributed by atoms with van der Waals surface area (Å²) < 4.78 is 10.7. The molecule has 2 unspecified atom stereocenters. The summed E-state index contributed by atoms with van der Waals surface area (Å²) in [6, 6.07) is 5.52. The second-order valence-corrected chi connectivity index (χ2v) is 7.24. The minimum Gasteiger partial charge on any atom is -0.454 e. The Morgan fingerprint density at radius 3 is 2.82 bits per heavy atom. The fourth-order valence-corrected chi connectivity index (χ4v) is 4.37. The first-order valence-corrected chi connectivity index (χ1v) is 7.84. The molecule has 116 valence electrons. The number of anilines is 1. The van der Waals surface area contributed by atoms with Gasteiger partial charge >= 0.3 is 0 Å².